The van der Waals surface area contributed by atoms with Gasteiger partial charge in [0.1, 0.15) is 0 Å². The van der Waals surface area contributed by atoms with Gasteiger partial charge in [0.25, 0.3) is 0 Å². The highest BCUT2D eigenvalue weighted by atomic mass is 16.3. The van der Waals surface area contributed by atoms with Crippen molar-refractivity contribution in [1.29, 1.82) is 0 Å². The highest BCUT2D eigenvalue weighted by molar-refractivity contribution is 5.02. The Morgan fingerprint density at radius 2 is 1.41 bits per heavy atom. The lowest BCUT2D eigenvalue weighted by Gasteiger charge is -2.09. The fraction of sp³-hybridized carbons (Fsp3) is 1.00. The summed E-state index contributed by atoms with van der Waals surface area (Å²) in [6.45, 7) is 4.46. The van der Waals surface area contributed by atoms with Crippen molar-refractivity contribution in [2.75, 3.05) is 0 Å². The van der Waals surface area contributed by atoms with Gasteiger partial charge >= 0.3 is 0 Å². The van der Waals surface area contributed by atoms with Crippen LogP contribution in [0.5, 0.6) is 0 Å². The Balaban J connectivity index is 1.79. The summed E-state index contributed by atoms with van der Waals surface area (Å²) >= 11 is 0. The summed E-state index contributed by atoms with van der Waals surface area (Å²) in [5.74, 6) is 0.622. The standard InChI is InChI=1S/C16H32O/c1-3-5-6-7-8-9-10-11-12-13-16(17)14-15(16)4-2/h15,17H,3-14H2,1-2H3. The van der Waals surface area contributed by atoms with Crippen LogP contribution in [0.1, 0.15) is 90.9 Å². The Labute approximate surface area is 108 Å². The van der Waals surface area contributed by atoms with E-state index in [4.69, 9.17) is 0 Å². The van der Waals surface area contributed by atoms with E-state index in [0.717, 1.165) is 19.3 Å². The van der Waals surface area contributed by atoms with E-state index in [1.165, 1.54) is 57.8 Å². The number of unbranched alkanes of at least 4 members (excludes halogenated alkanes) is 8. The predicted octanol–water partition coefficient (Wildman–Crippen LogP) is 5.07. The maximum Gasteiger partial charge on any atom is 0.0680 e. The number of hydrogen-bond donors (Lipinski definition) is 1. The van der Waals surface area contributed by atoms with Gasteiger partial charge in [-0.3, -0.25) is 0 Å². The molecule has 1 N–H and O–H groups in total. The largest absolute Gasteiger partial charge is 0.390 e. The van der Waals surface area contributed by atoms with Crippen LogP contribution in [0.4, 0.5) is 0 Å². The van der Waals surface area contributed by atoms with Gasteiger partial charge in [-0.2, -0.15) is 0 Å². The summed E-state index contributed by atoms with van der Waals surface area (Å²) in [6, 6.07) is 0. The highest BCUT2D eigenvalue weighted by Crippen LogP contribution is 2.49. The molecule has 1 nitrogen and oxygen atoms in total. The fourth-order valence-corrected chi connectivity index (χ4v) is 2.94. The molecule has 0 radical (unpaired) electrons. The van der Waals surface area contributed by atoms with Crippen LogP contribution in [-0.4, -0.2) is 10.7 Å². The summed E-state index contributed by atoms with van der Waals surface area (Å²) < 4.78 is 0. The van der Waals surface area contributed by atoms with Gasteiger partial charge in [-0.1, -0.05) is 78.1 Å². The van der Waals surface area contributed by atoms with Crippen LogP contribution in [0.25, 0.3) is 0 Å². The smallest absolute Gasteiger partial charge is 0.0680 e. The van der Waals surface area contributed by atoms with Gasteiger partial charge in [-0.05, 0) is 18.8 Å². The van der Waals surface area contributed by atoms with E-state index >= 15 is 0 Å². The minimum absolute atomic E-state index is 0.240. The second-order valence-corrected chi connectivity index (χ2v) is 5.99. The fourth-order valence-electron chi connectivity index (χ4n) is 2.94. The first-order valence-electron chi connectivity index (χ1n) is 7.95. The molecule has 0 saturated heterocycles. The average molecular weight is 240 g/mol. The molecule has 0 heterocycles. The van der Waals surface area contributed by atoms with Crippen molar-refractivity contribution in [3.8, 4) is 0 Å². The summed E-state index contributed by atoms with van der Waals surface area (Å²) in [4.78, 5) is 0. The van der Waals surface area contributed by atoms with Crippen LogP contribution in [0, 0.1) is 5.92 Å². The second-order valence-electron chi connectivity index (χ2n) is 5.99. The van der Waals surface area contributed by atoms with Crippen molar-refractivity contribution in [2.45, 2.75) is 96.5 Å². The van der Waals surface area contributed by atoms with Gasteiger partial charge in [0.2, 0.25) is 0 Å². The Kier molecular flexibility index (Phi) is 7.18. The maximum atomic E-state index is 10.1. The van der Waals surface area contributed by atoms with Crippen LogP contribution in [-0.2, 0) is 0 Å². The Morgan fingerprint density at radius 3 is 1.88 bits per heavy atom. The molecule has 0 bridgehead atoms. The van der Waals surface area contributed by atoms with Crippen LogP contribution in [0.15, 0.2) is 0 Å². The normalized spacial score (nSPS) is 27.4. The SMILES string of the molecule is CCCCCCCCCCCC1(O)CC1CC. The summed E-state index contributed by atoms with van der Waals surface area (Å²) in [7, 11) is 0. The predicted molar refractivity (Wildman–Crippen MR) is 75.2 cm³/mol. The molecule has 0 spiro atoms. The molecule has 2 unspecified atom stereocenters. The topological polar surface area (TPSA) is 20.2 Å². The van der Waals surface area contributed by atoms with Crippen molar-refractivity contribution in [2.24, 2.45) is 5.92 Å². The first-order chi connectivity index (χ1) is 8.23. The minimum Gasteiger partial charge on any atom is -0.390 e. The van der Waals surface area contributed by atoms with E-state index in [2.05, 4.69) is 13.8 Å². The van der Waals surface area contributed by atoms with E-state index in [1.807, 2.05) is 0 Å². The van der Waals surface area contributed by atoms with Crippen LogP contribution in [0.2, 0.25) is 0 Å². The zero-order valence-corrected chi connectivity index (χ0v) is 12.0. The monoisotopic (exact) mass is 240 g/mol. The average Bonchev–Trinajstić information content (AvgIpc) is 2.99. The molecule has 0 amide bonds. The third-order valence-electron chi connectivity index (χ3n) is 4.41. The van der Waals surface area contributed by atoms with Gasteiger partial charge in [0, 0.05) is 0 Å². The van der Waals surface area contributed by atoms with Gasteiger partial charge in [-0.25, -0.2) is 0 Å². The Bertz CT molecular complexity index is 190. The molecular formula is C16H32O. The van der Waals surface area contributed by atoms with E-state index in [1.54, 1.807) is 0 Å². The third kappa shape index (κ3) is 5.90. The van der Waals surface area contributed by atoms with E-state index in [-0.39, 0.29) is 5.60 Å². The molecule has 17 heavy (non-hydrogen) atoms. The number of aliphatic hydroxyl groups is 1. The molecule has 1 aliphatic carbocycles. The lowest BCUT2D eigenvalue weighted by atomic mass is 10.0. The molecule has 0 aromatic carbocycles. The Hall–Kier alpha value is -0.0400. The van der Waals surface area contributed by atoms with Crippen molar-refractivity contribution in [3.05, 3.63) is 0 Å². The van der Waals surface area contributed by atoms with E-state index < -0.39 is 0 Å². The van der Waals surface area contributed by atoms with Crippen LogP contribution in [0.3, 0.4) is 0 Å². The lowest BCUT2D eigenvalue weighted by Crippen LogP contribution is -2.10. The summed E-state index contributed by atoms with van der Waals surface area (Å²) in [6.07, 6.45) is 15.7. The maximum absolute atomic E-state index is 10.1. The van der Waals surface area contributed by atoms with Gasteiger partial charge in [0.05, 0.1) is 5.60 Å². The molecular weight excluding hydrogens is 208 g/mol. The molecule has 2 atom stereocenters. The first kappa shape index (κ1) is 15.0. The zero-order chi connectivity index (χ0) is 12.6. The van der Waals surface area contributed by atoms with Crippen LogP contribution < -0.4 is 0 Å². The second kappa shape index (κ2) is 8.13. The first-order valence-corrected chi connectivity index (χ1v) is 7.95. The molecule has 1 aliphatic rings. The minimum atomic E-state index is -0.240. The number of rotatable bonds is 11. The van der Waals surface area contributed by atoms with Crippen molar-refractivity contribution >= 4 is 0 Å². The molecule has 1 rings (SSSR count). The molecule has 0 aliphatic heterocycles. The molecule has 0 aromatic heterocycles. The van der Waals surface area contributed by atoms with E-state index in [0.29, 0.717) is 5.92 Å². The lowest BCUT2D eigenvalue weighted by molar-refractivity contribution is 0.117. The Morgan fingerprint density at radius 1 is 0.882 bits per heavy atom. The van der Waals surface area contributed by atoms with Crippen molar-refractivity contribution < 1.29 is 5.11 Å². The van der Waals surface area contributed by atoms with E-state index in [9.17, 15) is 5.11 Å². The molecule has 1 saturated carbocycles. The molecule has 102 valence electrons. The van der Waals surface area contributed by atoms with Crippen molar-refractivity contribution in [1.82, 2.24) is 0 Å². The highest BCUT2D eigenvalue weighted by Gasteiger charge is 2.50. The number of hydrogen-bond acceptors (Lipinski definition) is 1. The molecule has 1 fully saturated rings. The van der Waals surface area contributed by atoms with Gasteiger partial charge in [0.15, 0.2) is 0 Å². The van der Waals surface area contributed by atoms with Crippen LogP contribution >= 0.6 is 0 Å². The summed E-state index contributed by atoms with van der Waals surface area (Å²) in [5.41, 5.74) is -0.240. The summed E-state index contributed by atoms with van der Waals surface area (Å²) in [5, 5.41) is 10.1. The molecule has 0 aromatic rings. The zero-order valence-electron chi connectivity index (χ0n) is 12.0. The van der Waals surface area contributed by atoms with Crippen molar-refractivity contribution in [3.63, 3.8) is 0 Å². The molecule has 1 heteroatoms. The van der Waals surface area contributed by atoms with Gasteiger partial charge < -0.3 is 5.11 Å². The quantitative estimate of drug-likeness (QED) is 0.500. The third-order valence-corrected chi connectivity index (χ3v) is 4.41. The van der Waals surface area contributed by atoms with Gasteiger partial charge in [-0.15, -0.1) is 0 Å².